The lowest BCUT2D eigenvalue weighted by Crippen LogP contribution is -2.40. The van der Waals surface area contributed by atoms with Gasteiger partial charge >= 0.3 is 0 Å². The zero-order chi connectivity index (χ0) is 16.9. The summed E-state index contributed by atoms with van der Waals surface area (Å²) < 4.78 is 7.35. The topological polar surface area (TPSA) is 59.4 Å². The number of aromatic nitrogens is 2. The molecule has 1 fully saturated rings. The molecule has 0 atom stereocenters. The van der Waals surface area contributed by atoms with Crippen LogP contribution >= 0.6 is 11.6 Å². The minimum Gasteiger partial charge on any atom is -0.378 e. The molecule has 1 aliphatic heterocycles. The molecule has 0 saturated carbocycles. The Balaban J connectivity index is 1.67. The molecular weight excluding hydrogens is 328 g/mol. The largest absolute Gasteiger partial charge is 0.378 e. The van der Waals surface area contributed by atoms with Gasteiger partial charge in [-0.05, 0) is 25.1 Å². The zero-order valence-electron chi connectivity index (χ0n) is 13.7. The number of halogens is 1. The Bertz CT molecular complexity index is 710. The molecule has 1 N–H and O–H groups in total. The number of aryl methyl sites for hydroxylation is 1. The monoisotopic (exact) mass is 348 g/mol. The van der Waals surface area contributed by atoms with E-state index in [1.54, 1.807) is 23.2 Å². The number of hydrogen-bond acceptors (Lipinski definition) is 4. The molecule has 24 heavy (non-hydrogen) atoms. The van der Waals surface area contributed by atoms with Crippen LogP contribution in [-0.2, 0) is 17.8 Å². The van der Waals surface area contributed by atoms with Gasteiger partial charge in [-0.2, -0.15) is 0 Å². The number of carbonyl (C=O) groups is 1. The van der Waals surface area contributed by atoms with Crippen LogP contribution in [0.3, 0.4) is 0 Å². The molecule has 2 heterocycles. The number of nitrogens with zero attached hydrogens (tertiary/aromatic N) is 3. The van der Waals surface area contributed by atoms with Crippen LogP contribution < -0.4 is 5.32 Å². The lowest BCUT2D eigenvalue weighted by atomic mass is 10.1. The van der Waals surface area contributed by atoms with E-state index in [4.69, 9.17) is 16.3 Å². The Kier molecular flexibility index (Phi) is 5.37. The highest BCUT2D eigenvalue weighted by molar-refractivity contribution is 6.34. The molecule has 1 aliphatic rings. The van der Waals surface area contributed by atoms with Crippen molar-refractivity contribution in [3.63, 3.8) is 0 Å². The fraction of sp³-hybridized carbons (Fsp3) is 0.412. The number of imidazole rings is 1. The predicted molar refractivity (Wildman–Crippen MR) is 93.4 cm³/mol. The molecule has 0 radical (unpaired) electrons. The van der Waals surface area contributed by atoms with Crippen LogP contribution in [0, 0.1) is 0 Å². The van der Waals surface area contributed by atoms with Crippen molar-refractivity contribution in [3.8, 4) is 0 Å². The molecule has 3 rings (SSSR count). The number of ether oxygens (including phenoxy) is 1. The Morgan fingerprint density at radius 2 is 2.17 bits per heavy atom. The first-order chi connectivity index (χ1) is 11.7. The summed E-state index contributed by atoms with van der Waals surface area (Å²) in [6.07, 6.45) is 3.74. The van der Waals surface area contributed by atoms with Crippen molar-refractivity contribution in [2.45, 2.75) is 20.0 Å². The summed E-state index contributed by atoms with van der Waals surface area (Å²) in [5.41, 5.74) is 1.39. The summed E-state index contributed by atoms with van der Waals surface area (Å²) in [7, 11) is 0. The average molecular weight is 349 g/mol. The molecule has 0 unspecified atom stereocenters. The van der Waals surface area contributed by atoms with Crippen LogP contribution in [0.4, 0.5) is 5.69 Å². The van der Waals surface area contributed by atoms with E-state index in [-0.39, 0.29) is 5.91 Å². The first-order valence-corrected chi connectivity index (χ1v) is 8.47. The molecule has 0 spiro atoms. The Hall–Kier alpha value is -2.05. The maximum atomic E-state index is 12.5. The number of rotatable bonds is 5. The van der Waals surface area contributed by atoms with E-state index in [0.29, 0.717) is 43.4 Å². The van der Waals surface area contributed by atoms with Crippen LogP contribution in [0.25, 0.3) is 0 Å². The summed E-state index contributed by atoms with van der Waals surface area (Å²) >= 11 is 6.32. The summed E-state index contributed by atoms with van der Waals surface area (Å²) in [5, 5.41) is 3.75. The molecule has 0 aliphatic carbocycles. The molecule has 2 aromatic rings. The molecule has 6 nitrogen and oxygen atoms in total. The van der Waals surface area contributed by atoms with Crippen molar-refractivity contribution in [1.82, 2.24) is 14.5 Å². The highest BCUT2D eigenvalue weighted by Crippen LogP contribution is 2.23. The van der Waals surface area contributed by atoms with Gasteiger partial charge in [0.2, 0.25) is 0 Å². The molecule has 128 valence electrons. The third-order valence-corrected chi connectivity index (χ3v) is 4.40. The average Bonchev–Trinajstić information content (AvgIpc) is 3.08. The molecular formula is C17H21ClN4O2. The van der Waals surface area contributed by atoms with Gasteiger partial charge in [-0.15, -0.1) is 0 Å². The van der Waals surface area contributed by atoms with Gasteiger partial charge in [-0.3, -0.25) is 4.79 Å². The van der Waals surface area contributed by atoms with Gasteiger partial charge in [0.25, 0.3) is 5.91 Å². The number of hydrogen-bond donors (Lipinski definition) is 1. The first-order valence-electron chi connectivity index (χ1n) is 8.09. The third-order valence-electron chi connectivity index (χ3n) is 4.09. The second-order valence-electron chi connectivity index (χ2n) is 5.58. The van der Waals surface area contributed by atoms with Crippen molar-refractivity contribution in [2.24, 2.45) is 0 Å². The summed E-state index contributed by atoms with van der Waals surface area (Å²) in [6, 6.07) is 5.43. The minimum atomic E-state index is -0.0450. The lowest BCUT2D eigenvalue weighted by Gasteiger charge is -2.27. The second-order valence-corrected chi connectivity index (χ2v) is 5.99. The number of anilines is 1. The molecule has 1 amide bonds. The Morgan fingerprint density at radius 3 is 2.88 bits per heavy atom. The van der Waals surface area contributed by atoms with Crippen molar-refractivity contribution >= 4 is 23.2 Å². The highest BCUT2D eigenvalue weighted by Gasteiger charge is 2.20. The van der Waals surface area contributed by atoms with E-state index in [0.717, 1.165) is 18.1 Å². The Labute approximate surface area is 146 Å². The summed E-state index contributed by atoms with van der Waals surface area (Å²) in [5.74, 6) is 0.915. The van der Waals surface area contributed by atoms with Crippen molar-refractivity contribution in [2.75, 3.05) is 31.6 Å². The van der Waals surface area contributed by atoms with Crippen LogP contribution in [0.5, 0.6) is 0 Å². The second kappa shape index (κ2) is 7.68. The fourth-order valence-electron chi connectivity index (χ4n) is 2.71. The van der Waals surface area contributed by atoms with Crippen LogP contribution in [0.15, 0.2) is 30.6 Å². The van der Waals surface area contributed by atoms with Gasteiger partial charge in [0, 0.05) is 37.7 Å². The lowest BCUT2D eigenvalue weighted by molar-refractivity contribution is 0.0303. The van der Waals surface area contributed by atoms with Crippen LogP contribution in [0.2, 0.25) is 5.02 Å². The maximum Gasteiger partial charge on any atom is 0.255 e. The summed E-state index contributed by atoms with van der Waals surface area (Å²) in [4.78, 5) is 18.6. The van der Waals surface area contributed by atoms with Gasteiger partial charge in [0.05, 0.1) is 30.3 Å². The fourth-order valence-corrected chi connectivity index (χ4v) is 2.97. The van der Waals surface area contributed by atoms with Crippen molar-refractivity contribution in [1.29, 1.82) is 0 Å². The molecule has 1 aromatic carbocycles. The summed E-state index contributed by atoms with van der Waals surface area (Å²) in [6.45, 7) is 5.93. The minimum absolute atomic E-state index is 0.0450. The normalized spacial score (nSPS) is 14.7. The molecule has 0 bridgehead atoms. The van der Waals surface area contributed by atoms with Crippen LogP contribution in [0.1, 0.15) is 23.1 Å². The van der Waals surface area contributed by atoms with Gasteiger partial charge in [0.15, 0.2) is 0 Å². The van der Waals surface area contributed by atoms with Gasteiger partial charge in [-0.1, -0.05) is 11.6 Å². The van der Waals surface area contributed by atoms with Crippen molar-refractivity contribution < 1.29 is 9.53 Å². The third kappa shape index (κ3) is 3.71. The number of carbonyl (C=O) groups excluding carboxylic acids is 1. The van der Waals surface area contributed by atoms with Gasteiger partial charge in [0.1, 0.15) is 5.82 Å². The van der Waals surface area contributed by atoms with Gasteiger partial charge in [-0.25, -0.2) is 4.98 Å². The number of morpholine rings is 1. The van der Waals surface area contributed by atoms with Gasteiger partial charge < -0.3 is 19.5 Å². The smallest absolute Gasteiger partial charge is 0.255 e. The SMILES string of the molecule is CCn1ccnc1CNc1ccc(C(=O)N2CCOCC2)c(Cl)c1. The Morgan fingerprint density at radius 1 is 1.38 bits per heavy atom. The van der Waals surface area contributed by atoms with E-state index in [1.807, 2.05) is 12.3 Å². The number of amides is 1. The van der Waals surface area contributed by atoms with E-state index >= 15 is 0 Å². The highest BCUT2D eigenvalue weighted by atomic mass is 35.5. The van der Waals surface area contributed by atoms with E-state index in [1.165, 1.54) is 0 Å². The predicted octanol–water partition coefficient (Wildman–Crippen LogP) is 2.64. The van der Waals surface area contributed by atoms with E-state index in [9.17, 15) is 4.79 Å². The van der Waals surface area contributed by atoms with E-state index < -0.39 is 0 Å². The van der Waals surface area contributed by atoms with Crippen LogP contribution in [-0.4, -0.2) is 46.7 Å². The molecule has 1 saturated heterocycles. The standard InChI is InChI=1S/C17H21ClN4O2/c1-2-21-6-5-19-16(21)12-20-13-3-4-14(15(18)11-13)17(23)22-7-9-24-10-8-22/h3-6,11,20H,2,7-10,12H2,1H3. The number of nitrogens with one attached hydrogen (secondary N) is 1. The first kappa shape index (κ1) is 16.8. The molecule has 1 aromatic heterocycles. The number of benzene rings is 1. The quantitative estimate of drug-likeness (QED) is 0.902. The zero-order valence-corrected chi connectivity index (χ0v) is 14.4. The van der Waals surface area contributed by atoms with E-state index in [2.05, 4.69) is 21.8 Å². The maximum absolute atomic E-state index is 12.5. The van der Waals surface area contributed by atoms with Crippen molar-refractivity contribution in [3.05, 3.63) is 47.0 Å². The molecule has 7 heteroatoms.